The average molecular weight is 797 g/mol. The molecule has 5 fully saturated rings. The zero-order chi connectivity index (χ0) is 39.5. The minimum absolute atomic E-state index is 0.0424. The number of piperidine rings is 2. The molecule has 10 rings (SSSR count). The molecule has 58 heavy (non-hydrogen) atoms. The van der Waals surface area contributed by atoms with Gasteiger partial charge in [-0.3, -0.25) is 24.4 Å². The minimum Gasteiger partial charge on any atom is -0.374 e. The third-order valence-corrected chi connectivity index (χ3v) is 13.0. The molecule has 3 amide bonds. The summed E-state index contributed by atoms with van der Waals surface area (Å²) in [5.74, 6) is -0.00770. The molecule has 3 unspecified atom stereocenters. The second-order valence-corrected chi connectivity index (χ2v) is 16.7. The van der Waals surface area contributed by atoms with Gasteiger partial charge >= 0.3 is 0 Å². The third-order valence-electron chi connectivity index (χ3n) is 13.0. The summed E-state index contributed by atoms with van der Waals surface area (Å²) in [5.41, 5.74) is 2.93. The average Bonchev–Trinajstić information content (AvgIpc) is 4.08. The van der Waals surface area contributed by atoms with Gasteiger partial charge in [-0.2, -0.15) is 10.2 Å². The number of nitrogens with one attached hydrogen (secondary N) is 2. The summed E-state index contributed by atoms with van der Waals surface area (Å²) in [7, 11) is 0. The number of fused-ring (bicyclic) bond motifs is 4. The van der Waals surface area contributed by atoms with E-state index < -0.39 is 12.3 Å². The van der Waals surface area contributed by atoms with E-state index in [1.807, 2.05) is 30.5 Å². The van der Waals surface area contributed by atoms with Gasteiger partial charge in [-0.05, 0) is 69.4 Å². The van der Waals surface area contributed by atoms with Crippen molar-refractivity contribution in [3.8, 4) is 11.1 Å². The van der Waals surface area contributed by atoms with Crippen molar-refractivity contribution < 1.29 is 32.4 Å². The summed E-state index contributed by atoms with van der Waals surface area (Å²) in [6, 6.07) is 7.83. The predicted molar refractivity (Wildman–Crippen MR) is 206 cm³/mol. The van der Waals surface area contributed by atoms with Gasteiger partial charge < -0.3 is 24.4 Å². The maximum Gasteiger partial charge on any atom is 0.282 e. The molecule has 4 aromatic heterocycles. The lowest BCUT2D eigenvalue weighted by Gasteiger charge is -2.36. The van der Waals surface area contributed by atoms with Crippen molar-refractivity contribution in [3.63, 3.8) is 0 Å². The van der Waals surface area contributed by atoms with E-state index in [0.717, 1.165) is 76.9 Å². The molecule has 8 heterocycles. The van der Waals surface area contributed by atoms with Crippen molar-refractivity contribution in [2.75, 3.05) is 37.7 Å². The highest BCUT2D eigenvalue weighted by Crippen LogP contribution is 2.39. The Balaban J connectivity index is 0.719. The number of ether oxygens (including phenoxy) is 1. The highest BCUT2D eigenvalue weighted by molar-refractivity contribution is 6.02. The third kappa shape index (κ3) is 7.01. The molecular formula is C41H46F2N10O5. The second kappa shape index (κ2) is 15.1. The molecule has 304 valence electrons. The van der Waals surface area contributed by atoms with E-state index in [4.69, 9.17) is 14.2 Å². The van der Waals surface area contributed by atoms with Crippen LogP contribution >= 0.6 is 0 Å². The van der Waals surface area contributed by atoms with Crippen LogP contribution in [0.1, 0.15) is 93.1 Å². The first-order chi connectivity index (χ1) is 28.2. The van der Waals surface area contributed by atoms with E-state index in [-0.39, 0.29) is 60.5 Å². The Labute approximate surface area is 332 Å². The number of para-hydroxylation sites is 1. The Morgan fingerprint density at radius 2 is 1.86 bits per heavy atom. The number of nitrogens with zero attached hydrogens (tertiary/aromatic N) is 8. The normalized spacial score (nSPS) is 25.7. The van der Waals surface area contributed by atoms with Crippen molar-refractivity contribution in [3.05, 3.63) is 59.8 Å². The van der Waals surface area contributed by atoms with Crippen LogP contribution in [-0.4, -0.2) is 103 Å². The molecule has 2 bridgehead atoms. The summed E-state index contributed by atoms with van der Waals surface area (Å²) >= 11 is 0. The van der Waals surface area contributed by atoms with E-state index in [0.29, 0.717) is 57.9 Å². The molecule has 1 aromatic carbocycles. The summed E-state index contributed by atoms with van der Waals surface area (Å²) in [6.07, 6.45) is 9.86. The topological polar surface area (TPSA) is 165 Å². The van der Waals surface area contributed by atoms with E-state index in [9.17, 15) is 23.2 Å². The molecule has 1 aliphatic carbocycles. The Morgan fingerprint density at radius 1 is 1.02 bits per heavy atom. The Bertz CT molecular complexity index is 2360. The number of aromatic nitrogens is 6. The van der Waals surface area contributed by atoms with Crippen molar-refractivity contribution in [2.24, 2.45) is 5.92 Å². The van der Waals surface area contributed by atoms with Crippen molar-refractivity contribution in [1.29, 1.82) is 0 Å². The fourth-order valence-corrected chi connectivity index (χ4v) is 9.90. The second-order valence-electron chi connectivity index (χ2n) is 16.7. The number of rotatable bonds is 10. The van der Waals surface area contributed by atoms with Crippen LogP contribution in [0.15, 0.2) is 47.4 Å². The molecule has 4 aliphatic heterocycles. The molecule has 5 aliphatic rings. The Morgan fingerprint density at radius 3 is 2.62 bits per heavy atom. The zero-order valence-electron chi connectivity index (χ0n) is 32.1. The van der Waals surface area contributed by atoms with Crippen LogP contribution in [0.4, 0.5) is 14.6 Å². The SMILES string of the molecule is O=C1CCC(c2noc3c(CC(=O)NC4CCN(CC5CCC(n6cc(-c7cnn8ccc(N9CC%10CC9CO%10)nc78)c(C(F)F)n6)CC5)CC4)cccc23)C(=O)N1. The van der Waals surface area contributed by atoms with Crippen molar-refractivity contribution in [2.45, 2.75) is 101 Å². The van der Waals surface area contributed by atoms with Gasteiger partial charge in [-0.15, -0.1) is 0 Å². The van der Waals surface area contributed by atoms with E-state index in [1.54, 1.807) is 21.6 Å². The number of anilines is 1. The zero-order valence-corrected chi connectivity index (χ0v) is 32.1. The molecule has 1 saturated carbocycles. The number of carbonyl (C=O) groups excluding carboxylic acids is 3. The van der Waals surface area contributed by atoms with Crippen LogP contribution in [0, 0.1) is 5.92 Å². The number of alkyl halides is 2. The number of halogens is 2. The van der Waals surface area contributed by atoms with Crippen LogP contribution in [-0.2, 0) is 25.5 Å². The number of imide groups is 1. The van der Waals surface area contributed by atoms with Crippen molar-refractivity contribution in [1.82, 2.24) is 45.1 Å². The summed E-state index contributed by atoms with van der Waals surface area (Å²) in [4.78, 5) is 46.9. The fourth-order valence-electron chi connectivity index (χ4n) is 9.90. The first kappa shape index (κ1) is 37.0. The minimum atomic E-state index is -2.73. The monoisotopic (exact) mass is 796 g/mol. The van der Waals surface area contributed by atoms with Gasteiger partial charge in [0.15, 0.2) is 11.2 Å². The lowest BCUT2D eigenvalue weighted by atomic mass is 9.85. The first-order valence-electron chi connectivity index (χ1n) is 20.6. The van der Waals surface area contributed by atoms with Gasteiger partial charge in [-0.1, -0.05) is 17.3 Å². The molecular weight excluding hydrogens is 751 g/mol. The molecule has 5 aromatic rings. The number of morpholine rings is 1. The molecule has 0 spiro atoms. The van der Waals surface area contributed by atoms with Crippen LogP contribution in [0.5, 0.6) is 0 Å². The first-order valence-corrected chi connectivity index (χ1v) is 20.6. The highest BCUT2D eigenvalue weighted by atomic mass is 19.3. The molecule has 3 atom stereocenters. The standard InChI is InChI=1S/C41H46F2N10O5/c42-39(43)37-32(31-18-44-52-15-12-33(46-40(31)52)51-20-28-17-27(51)22-57-28)21-53(48-37)26-6-4-23(5-7-26)19-50-13-10-25(11-14-50)45-35(55)16-24-2-1-3-29-36(49-58-38(24)29)30-8-9-34(54)47-41(30)56/h1-3,12,15,18,21,23,25-28,30,39H,4-11,13-14,16-17,19-20,22H2,(H,45,55)(H,47,54,56). The summed E-state index contributed by atoms with van der Waals surface area (Å²) < 4.78 is 43.8. The van der Waals surface area contributed by atoms with E-state index in [2.05, 4.69) is 35.8 Å². The lowest BCUT2D eigenvalue weighted by molar-refractivity contribution is -0.134. The lowest BCUT2D eigenvalue weighted by Crippen LogP contribution is -2.46. The van der Waals surface area contributed by atoms with Gasteiger partial charge in [0.1, 0.15) is 17.2 Å². The van der Waals surface area contributed by atoms with Crippen LogP contribution in [0.25, 0.3) is 27.7 Å². The van der Waals surface area contributed by atoms with Gasteiger partial charge in [0.05, 0.1) is 48.9 Å². The van der Waals surface area contributed by atoms with E-state index >= 15 is 0 Å². The van der Waals surface area contributed by atoms with E-state index in [1.165, 1.54) is 0 Å². The van der Waals surface area contributed by atoms with Gasteiger partial charge in [0, 0.05) is 67.5 Å². The molecule has 4 saturated heterocycles. The molecule has 15 nitrogen and oxygen atoms in total. The number of hydrogen-bond donors (Lipinski definition) is 2. The number of benzene rings is 1. The largest absolute Gasteiger partial charge is 0.374 e. The Kier molecular flexibility index (Phi) is 9.66. The summed E-state index contributed by atoms with van der Waals surface area (Å²) in [6.45, 7) is 4.21. The van der Waals surface area contributed by atoms with Crippen LogP contribution in [0.3, 0.4) is 0 Å². The Hall–Kier alpha value is -5.29. The molecule has 17 heteroatoms. The number of carbonyl (C=O) groups is 3. The number of likely N-dealkylation sites (tertiary alicyclic amines) is 1. The van der Waals surface area contributed by atoms with Crippen LogP contribution < -0.4 is 15.5 Å². The molecule has 0 radical (unpaired) electrons. The van der Waals surface area contributed by atoms with Gasteiger partial charge in [-0.25, -0.2) is 18.3 Å². The number of amides is 3. The quantitative estimate of drug-likeness (QED) is 0.188. The van der Waals surface area contributed by atoms with Crippen LogP contribution in [0.2, 0.25) is 0 Å². The smallest absolute Gasteiger partial charge is 0.282 e. The highest BCUT2D eigenvalue weighted by Gasteiger charge is 2.40. The van der Waals surface area contributed by atoms with Gasteiger partial charge in [0.2, 0.25) is 17.7 Å². The number of hydrogen-bond acceptors (Lipinski definition) is 11. The van der Waals surface area contributed by atoms with Gasteiger partial charge in [0.25, 0.3) is 6.43 Å². The predicted octanol–water partition coefficient (Wildman–Crippen LogP) is 4.72. The maximum absolute atomic E-state index is 14.5. The summed E-state index contributed by atoms with van der Waals surface area (Å²) in [5, 5.41) is 19.3. The van der Waals surface area contributed by atoms with Crippen molar-refractivity contribution >= 4 is 40.2 Å². The maximum atomic E-state index is 14.5. The fraction of sp³-hybridized carbons (Fsp3) is 0.537. The molecule has 2 N–H and O–H groups in total.